The molecular formula is C52H61BBrClN12O9. The lowest BCUT2D eigenvalue weighted by molar-refractivity contribution is 0.0511. The number of fused-ring (bicyclic) bond motifs is 3. The number of carbonyl (C=O) groups is 2. The maximum Gasteiger partial charge on any atom is 0.491 e. The normalized spacial score (nSPS) is 11.0. The number of halogens is 2. The Morgan fingerprint density at radius 3 is 1.33 bits per heavy atom. The number of alkyl carbamates (subject to hydrolysis) is 2. The molecule has 24 heteroatoms. The van der Waals surface area contributed by atoms with Crippen molar-refractivity contribution in [2.75, 3.05) is 0 Å². The highest BCUT2D eigenvalue weighted by Gasteiger charge is 2.18. The van der Waals surface area contributed by atoms with Crippen molar-refractivity contribution in [1.82, 2.24) is 54.9 Å². The van der Waals surface area contributed by atoms with Gasteiger partial charge in [-0.25, -0.2) is 9.59 Å². The van der Waals surface area contributed by atoms with E-state index in [1.165, 1.54) is 23.0 Å². The van der Waals surface area contributed by atoms with E-state index in [-0.39, 0.29) is 41.8 Å². The number of hydrogen-bond acceptors (Lipinski definition) is 13. The van der Waals surface area contributed by atoms with Crippen LogP contribution in [0.2, 0.25) is 0 Å². The Bertz CT molecular complexity index is 3650. The SMILES string of the molecule is CC(C)(C)OC(=O)NCc1cc(=O)c2cc(Br)ccc2[nH]1.Cl.Cn1cc(-c2ccc3[nH]c(CN)cc(=O)c3c2)cn1.Cn1cc(-c2ccc3[nH]c(CNC(=O)OC(C)(C)C)cc(=O)c3c2)cn1.Cn1cc(B(O)O)cn1. The van der Waals surface area contributed by atoms with Gasteiger partial charge in [0.1, 0.15) is 11.2 Å². The molecule has 0 atom stereocenters. The number of aromatic amines is 3. The summed E-state index contributed by atoms with van der Waals surface area (Å²) in [6.07, 6.45) is 9.27. The third-order valence-electron chi connectivity index (χ3n) is 10.6. The summed E-state index contributed by atoms with van der Waals surface area (Å²) in [4.78, 5) is 69.4. The standard InChI is InChI=1S/C19H22N4O3.C15H17BrN2O3.C14H14N4O.C4H7BN2O2.ClH/c1-19(2,3)26-18(25)20-10-14-8-17(24)15-7-12(5-6-16(15)22-14)13-9-21-23(4)11-13;1-15(2,3)21-14(20)17-8-10-7-13(19)11-6-9(16)4-5-12(11)18-10;1-18-8-10(7-16-18)9-2-3-13-12(4-9)14(19)5-11(6-15)17-13;1-7-3-4(2-6-7)5(8)9;/h5-9,11H,10H2,1-4H3,(H,20,25)(H,22,24);4-7H,8H2,1-3H3,(H,17,20)(H,18,19);2-5,7-8H,6,15H2,1H3,(H,17,19);2-3,8-9H,1H3;1H. The Morgan fingerprint density at radius 2 is 0.974 bits per heavy atom. The van der Waals surface area contributed by atoms with E-state index in [1.807, 2.05) is 75.0 Å². The molecule has 0 fully saturated rings. The number of carbonyl (C=O) groups excluding carboxylic acids is 2. The number of nitrogens with one attached hydrogen (secondary N) is 5. The minimum atomic E-state index is -1.40. The largest absolute Gasteiger partial charge is 0.491 e. The summed E-state index contributed by atoms with van der Waals surface area (Å²) in [6.45, 7) is 11.5. The molecule has 0 unspecified atom stereocenters. The second-order valence-corrected chi connectivity index (χ2v) is 20.1. The number of H-pyrrole nitrogens is 3. The predicted molar refractivity (Wildman–Crippen MR) is 300 cm³/mol. The van der Waals surface area contributed by atoms with Crippen LogP contribution >= 0.6 is 28.3 Å². The van der Waals surface area contributed by atoms with Gasteiger partial charge >= 0.3 is 19.3 Å². The Morgan fingerprint density at radius 1 is 0.592 bits per heavy atom. The van der Waals surface area contributed by atoms with E-state index < -0.39 is 30.5 Å². The fraction of sp³-hybridized carbons (Fsp3) is 0.269. The highest BCUT2D eigenvalue weighted by atomic mass is 79.9. The molecule has 0 aliphatic rings. The number of aromatic nitrogens is 9. The smallest absolute Gasteiger partial charge is 0.444 e. The van der Waals surface area contributed by atoms with E-state index in [0.717, 1.165) is 43.5 Å². The molecule has 9 aromatic rings. The zero-order chi connectivity index (χ0) is 54.8. The Hall–Kier alpha value is -7.83. The average molecular weight is 1120 g/mol. The van der Waals surface area contributed by atoms with Gasteiger partial charge in [0.15, 0.2) is 16.3 Å². The van der Waals surface area contributed by atoms with Crippen molar-refractivity contribution in [1.29, 1.82) is 0 Å². The van der Waals surface area contributed by atoms with Gasteiger partial charge in [0, 0.05) is 142 Å². The van der Waals surface area contributed by atoms with Crippen LogP contribution in [0.1, 0.15) is 58.6 Å². The van der Waals surface area contributed by atoms with E-state index in [1.54, 1.807) is 88.7 Å². The summed E-state index contributed by atoms with van der Waals surface area (Å²) in [5, 5.41) is 36.2. The molecular weight excluding hydrogens is 1060 g/mol. The zero-order valence-electron chi connectivity index (χ0n) is 43.4. The van der Waals surface area contributed by atoms with Crippen molar-refractivity contribution >= 4 is 85.8 Å². The van der Waals surface area contributed by atoms with Crippen molar-refractivity contribution in [2.24, 2.45) is 26.9 Å². The topological polar surface area (TPSA) is 295 Å². The lowest BCUT2D eigenvalue weighted by Crippen LogP contribution is -2.32. The van der Waals surface area contributed by atoms with Gasteiger partial charge in [-0.05, 0) is 95.1 Å². The Kier molecular flexibility index (Phi) is 19.9. The third kappa shape index (κ3) is 17.1. The summed E-state index contributed by atoms with van der Waals surface area (Å²) in [5.74, 6) is 0. The maximum atomic E-state index is 12.5. The lowest BCUT2D eigenvalue weighted by Gasteiger charge is -2.19. The maximum absolute atomic E-state index is 12.5. The number of rotatable bonds is 8. The first kappa shape index (κ1) is 59.1. The molecule has 6 heterocycles. The molecule has 21 nitrogen and oxygen atoms in total. The molecule has 0 saturated heterocycles. The average Bonchev–Trinajstić information content (AvgIpc) is 4.11. The van der Waals surface area contributed by atoms with Gasteiger partial charge in [-0.3, -0.25) is 28.4 Å². The van der Waals surface area contributed by atoms with Crippen LogP contribution < -0.4 is 38.1 Å². The molecule has 9 N–H and O–H groups in total. The third-order valence-corrected chi connectivity index (χ3v) is 11.1. The fourth-order valence-corrected chi connectivity index (χ4v) is 7.58. The zero-order valence-corrected chi connectivity index (χ0v) is 45.8. The number of benzene rings is 3. The first-order valence-electron chi connectivity index (χ1n) is 23.4. The van der Waals surface area contributed by atoms with Crippen LogP contribution in [0.25, 0.3) is 55.0 Å². The van der Waals surface area contributed by atoms with Crippen LogP contribution in [0.5, 0.6) is 0 Å². The van der Waals surface area contributed by atoms with Gasteiger partial charge < -0.3 is 50.8 Å². The lowest BCUT2D eigenvalue weighted by atomic mass is 9.83. The van der Waals surface area contributed by atoms with Crippen LogP contribution in [0.4, 0.5) is 9.59 Å². The minimum Gasteiger partial charge on any atom is -0.444 e. The highest BCUT2D eigenvalue weighted by Crippen LogP contribution is 2.23. The number of aryl methyl sites for hydroxylation is 3. The van der Waals surface area contributed by atoms with E-state index in [4.69, 9.17) is 25.3 Å². The molecule has 0 saturated carbocycles. The molecule has 9 rings (SSSR count). The second kappa shape index (κ2) is 25.6. The van der Waals surface area contributed by atoms with E-state index >= 15 is 0 Å². The number of ether oxygens (including phenoxy) is 2. The fourth-order valence-electron chi connectivity index (χ4n) is 7.22. The number of nitrogens with zero attached hydrogens (tertiary/aromatic N) is 6. The Labute approximate surface area is 451 Å². The number of amides is 2. The molecule has 0 aliphatic heterocycles. The Balaban J connectivity index is 0.000000195. The minimum absolute atomic E-state index is 0. The van der Waals surface area contributed by atoms with Crippen LogP contribution in [0.15, 0.2) is 129 Å². The molecule has 2 amide bonds. The summed E-state index contributed by atoms with van der Waals surface area (Å²) < 4.78 is 16.1. The van der Waals surface area contributed by atoms with Crippen molar-refractivity contribution < 1.29 is 29.1 Å². The molecule has 3 aromatic carbocycles. The van der Waals surface area contributed by atoms with E-state index in [2.05, 4.69) is 56.8 Å². The van der Waals surface area contributed by atoms with Crippen molar-refractivity contribution in [3.8, 4) is 22.3 Å². The summed E-state index contributed by atoms with van der Waals surface area (Å²) in [6, 6.07) is 21.3. The van der Waals surface area contributed by atoms with Gasteiger partial charge in [0.25, 0.3) is 0 Å². The number of pyridine rings is 3. The van der Waals surface area contributed by atoms with Crippen molar-refractivity contribution in [2.45, 2.75) is 72.4 Å². The van der Waals surface area contributed by atoms with Gasteiger partial charge in [-0.2, -0.15) is 15.3 Å². The first-order valence-corrected chi connectivity index (χ1v) is 24.2. The summed E-state index contributed by atoms with van der Waals surface area (Å²) >= 11 is 3.34. The van der Waals surface area contributed by atoms with Gasteiger partial charge in [0.2, 0.25) is 0 Å². The first-order chi connectivity index (χ1) is 35.3. The van der Waals surface area contributed by atoms with Crippen molar-refractivity contribution in [3.05, 3.63) is 162 Å². The summed E-state index contributed by atoms with van der Waals surface area (Å²) in [5.41, 5.74) is 12.7. The molecule has 0 aliphatic carbocycles. The molecule has 400 valence electrons. The van der Waals surface area contributed by atoms with Crippen molar-refractivity contribution in [3.63, 3.8) is 0 Å². The van der Waals surface area contributed by atoms with Gasteiger partial charge in [-0.1, -0.05) is 28.1 Å². The molecule has 0 bridgehead atoms. The van der Waals surface area contributed by atoms with Crippen LogP contribution in [0, 0.1) is 0 Å². The van der Waals surface area contributed by atoms with E-state index in [9.17, 15) is 24.0 Å². The molecule has 6 aromatic heterocycles. The molecule has 0 spiro atoms. The molecule has 0 radical (unpaired) electrons. The van der Waals surface area contributed by atoms with Crippen LogP contribution in [-0.4, -0.2) is 84.8 Å². The summed E-state index contributed by atoms with van der Waals surface area (Å²) in [7, 11) is 4.02. The second-order valence-electron chi connectivity index (χ2n) is 19.2. The van der Waals surface area contributed by atoms with Gasteiger partial charge in [-0.15, -0.1) is 12.4 Å². The molecule has 76 heavy (non-hydrogen) atoms. The van der Waals surface area contributed by atoms with Crippen LogP contribution in [-0.2, 0) is 50.3 Å². The van der Waals surface area contributed by atoms with Crippen LogP contribution in [0.3, 0.4) is 0 Å². The quantitative estimate of drug-likeness (QED) is 0.0790. The van der Waals surface area contributed by atoms with E-state index in [0.29, 0.717) is 45.1 Å². The predicted octanol–water partition coefficient (Wildman–Crippen LogP) is 6.18. The highest BCUT2D eigenvalue weighted by molar-refractivity contribution is 9.10. The number of nitrogens with two attached hydrogens (primary N) is 1. The van der Waals surface area contributed by atoms with Gasteiger partial charge in [0.05, 0.1) is 25.5 Å². The monoisotopic (exact) mass is 1120 g/mol. The number of hydrogen-bond donors (Lipinski definition) is 8.